The van der Waals surface area contributed by atoms with Crippen molar-refractivity contribution in [2.24, 2.45) is 0 Å². The Morgan fingerprint density at radius 2 is 1.89 bits per heavy atom. The molecule has 0 saturated carbocycles. The van der Waals surface area contributed by atoms with Gasteiger partial charge in [-0.25, -0.2) is 0 Å². The van der Waals surface area contributed by atoms with Crippen LogP contribution in [0.15, 0.2) is 39.0 Å². The molecule has 0 aliphatic carbocycles. The summed E-state index contributed by atoms with van der Waals surface area (Å²) >= 11 is 4.36. The first kappa shape index (κ1) is 20.8. The van der Waals surface area contributed by atoms with Gasteiger partial charge in [0.05, 0.1) is 5.75 Å². The largest absolute Gasteiger partial charge is 0.435 e. The zero-order chi connectivity index (χ0) is 20.3. The number of carbonyl (C=O) groups is 1. The second-order valence-electron chi connectivity index (χ2n) is 5.74. The molecule has 3 rings (SSSR count). The summed E-state index contributed by atoms with van der Waals surface area (Å²) in [6, 6.07) is 8.18. The van der Waals surface area contributed by atoms with Crippen LogP contribution >= 0.6 is 34.9 Å². The minimum atomic E-state index is -2.86. The van der Waals surface area contributed by atoms with E-state index >= 15 is 0 Å². The van der Waals surface area contributed by atoms with E-state index in [2.05, 4.69) is 14.9 Å². The summed E-state index contributed by atoms with van der Waals surface area (Å²) in [6.07, 6.45) is 1.93. The third kappa shape index (κ3) is 4.73. The second kappa shape index (κ2) is 9.06. The number of nitrogens with zero attached hydrogens (tertiary/aromatic N) is 3. The van der Waals surface area contributed by atoms with Crippen LogP contribution in [0.3, 0.4) is 0 Å². The molecule has 2 heterocycles. The number of rotatable bonds is 8. The lowest BCUT2D eigenvalue weighted by Gasteiger charge is -2.11. The van der Waals surface area contributed by atoms with Crippen molar-refractivity contribution in [1.82, 2.24) is 14.8 Å². The average Bonchev–Trinajstić information content (AvgIpc) is 3.24. The van der Waals surface area contributed by atoms with Crippen molar-refractivity contribution in [3.8, 4) is 11.4 Å². The normalized spacial score (nSPS) is 11.2. The number of thioether (sulfide) groups is 2. The van der Waals surface area contributed by atoms with Gasteiger partial charge in [-0.2, -0.15) is 8.78 Å². The SMILES string of the molecule is CSc1nnc(SCC(=O)c2cc(C)n(-c3ccc(OC(F)F)cc3)c2C)s1. The van der Waals surface area contributed by atoms with Gasteiger partial charge < -0.3 is 9.30 Å². The molecule has 148 valence electrons. The molecule has 0 saturated heterocycles. The molecular formula is C18H17F2N3O2S3. The maximum Gasteiger partial charge on any atom is 0.387 e. The molecule has 0 aliphatic heterocycles. The lowest BCUT2D eigenvalue weighted by Crippen LogP contribution is -2.06. The Bertz CT molecular complexity index is 971. The number of alkyl halides is 2. The maximum absolute atomic E-state index is 12.7. The first-order valence-corrected chi connectivity index (χ1v) is 11.2. The minimum Gasteiger partial charge on any atom is -0.435 e. The predicted molar refractivity (Wildman–Crippen MR) is 109 cm³/mol. The Hall–Kier alpha value is -1.91. The molecule has 10 heteroatoms. The maximum atomic E-state index is 12.7. The van der Waals surface area contributed by atoms with Crippen LogP contribution in [0.4, 0.5) is 8.78 Å². The van der Waals surface area contributed by atoms with E-state index in [0.29, 0.717) is 5.56 Å². The van der Waals surface area contributed by atoms with Gasteiger partial charge in [-0.1, -0.05) is 34.9 Å². The zero-order valence-electron chi connectivity index (χ0n) is 15.3. The number of ether oxygens (including phenoxy) is 1. The fraction of sp³-hybridized carbons (Fsp3) is 0.278. The molecule has 0 atom stereocenters. The van der Waals surface area contributed by atoms with Crippen molar-refractivity contribution < 1.29 is 18.3 Å². The number of ketones is 1. The van der Waals surface area contributed by atoms with Gasteiger partial charge in [0.25, 0.3) is 0 Å². The highest BCUT2D eigenvalue weighted by Gasteiger charge is 2.18. The third-order valence-corrected chi connectivity index (χ3v) is 6.97. The molecule has 0 spiro atoms. The summed E-state index contributed by atoms with van der Waals surface area (Å²) in [5.74, 6) is 0.368. The topological polar surface area (TPSA) is 57.0 Å². The number of benzene rings is 1. The summed E-state index contributed by atoms with van der Waals surface area (Å²) in [6.45, 7) is 0.906. The quantitative estimate of drug-likeness (QED) is 0.352. The standard InChI is InChI=1S/C18H17F2N3O2S3/c1-10-8-14(15(24)9-27-18-22-21-17(26-3)28-18)11(2)23(10)12-4-6-13(7-5-12)25-16(19)20/h4-8,16H,9H2,1-3H3. The summed E-state index contributed by atoms with van der Waals surface area (Å²) in [7, 11) is 0. The Kier molecular flexibility index (Phi) is 6.73. The first-order chi connectivity index (χ1) is 13.4. The van der Waals surface area contributed by atoms with Gasteiger partial charge in [0.2, 0.25) is 0 Å². The number of Topliss-reactive ketones (excluding diaryl/α,β-unsaturated/α-hetero) is 1. The van der Waals surface area contributed by atoms with E-state index in [-0.39, 0.29) is 17.3 Å². The molecule has 0 aliphatic rings. The van der Waals surface area contributed by atoms with Crippen LogP contribution in [0.25, 0.3) is 5.69 Å². The van der Waals surface area contributed by atoms with Crippen molar-refractivity contribution >= 4 is 40.6 Å². The van der Waals surface area contributed by atoms with Crippen LogP contribution in [0, 0.1) is 13.8 Å². The van der Waals surface area contributed by atoms with Gasteiger partial charge in [-0.15, -0.1) is 10.2 Å². The highest BCUT2D eigenvalue weighted by Crippen LogP contribution is 2.29. The molecule has 1 aromatic carbocycles. The molecule has 28 heavy (non-hydrogen) atoms. The van der Waals surface area contributed by atoms with E-state index in [9.17, 15) is 13.6 Å². The van der Waals surface area contributed by atoms with E-state index in [1.807, 2.05) is 30.7 Å². The highest BCUT2D eigenvalue weighted by molar-refractivity contribution is 8.03. The summed E-state index contributed by atoms with van der Waals surface area (Å²) in [5.41, 5.74) is 3.09. The highest BCUT2D eigenvalue weighted by atomic mass is 32.2. The van der Waals surface area contributed by atoms with Crippen molar-refractivity contribution in [3.63, 3.8) is 0 Å². The van der Waals surface area contributed by atoms with Gasteiger partial charge >= 0.3 is 6.61 Å². The Morgan fingerprint density at radius 1 is 1.21 bits per heavy atom. The number of carbonyl (C=O) groups excluding carboxylic acids is 1. The third-order valence-electron chi connectivity index (χ3n) is 3.94. The molecule has 0 radical (unpaired) electrons. The molecule has 0 N–H and O–H groups in total. The Balaban J connectivity index is 1.76. The second-order valence-corrected chi connectivity index (χ2v) is 9.00. The Labute approximate surface area is 173 Å². The predicted octanol–water partition coefficient (Wildman–Crippen LogP) is 5.24. The van der Waals surface area contributed by atoms with Crippen LogP contribution in [-0.4, -0.2) is 39.2 Å². The zero-order valence-corrected chi connectivity index (χ0v) is 17.8. The lowest BCUT2D eigenvalue weighted by molar-refractivity contribution is -0.0498. The molecule has 0 amide bonds. The van der Waals surface area contributed by atoms with Crippen molar-refractivity contribution in [3.05, 3.63) is 47.3 Å². The number of hydrogen-bond donors (Lipinski definition) is 0. The molecule has 0 fully saturated rings. The van der Waals surface area contributed by atoms with Gasteiger partial charge in [0.15, 0.2) is 14.5 Å². The van der Waals surface area contributed by atoms with Crippen molar-refractivity contribution in [2.45, 2.75) is 29.1 Å². The van der Waals surface area contributed by atoms with Crippen LogP contribution in [-0.2, 0) is 0 Å². The fourth-order valence-electron chi connectivity index (χ4n) is 2.76. The summed E-state index contributed by atoms with van der Waals surface area (Å²) in [5, 5.41) is 8.09. The Morgan fingerprint density at radius 3 is 2.50 bits per heavy atom. The number of aryl methyl sites for hydroxylation is 1. The summed E-state index contributed by atoms with van der Waals surface area (Å²) < 4.78 is 32.5. The number of aromatic nitrogens is 3. The average molecular weight is 442 g/mol. The molecular weight excluding hydrogens is 424 g/mol. The molecule has 5 nitrogen and oxygen atoms in total. The molecule has 3 aromatic rings. The molecule has 2 aromatic heterocycles. The smallest absolute Gasteiger partial charge is 0.387 e. The van der Waals surface area contributed by atoms with E-state index in [1.54, 1.807) is 12.1 Å². The summed E-state index contributed by atoms with van der Waals surface area (Å²) in [4.78, 5) is 12.7. The van der Waals surface area contributed by atoms with Crippen molar-refractivity contribution in [2.75, 3.05) is 12.0 Å². The lowest BCUT2D eigenvalue weighted by atomic mass is 10.2. The number of hydrogen-bond acceptors (Lipinski definition) is 7. The fourth-order valence-corrected chi connectivity index (χ4v) is 5.08. The van der Waals surface area contributed by atoms with E-state index < -0.39 is 6.61 Å². The monoisotopic (exact) mass is 441 g/mol. The van der Waals surface area contributed by atoms with Crippen molar-refractivity contribution in [1.29, 1.82) is 0 Å². The van der Waals surface area contributed by atoms with Gasteiger partial charge in [-0.3, -0.25) is 4.79 Å². The number of halogens is 2. The van der Waals surface area contributed by atoms with Gasteiger partial charge in [0.1, 0.15) is 5.75 Å². The van der Waals surface area contributed by atoms with Gasteiger partial charge in [-0.05, 0) is 50.4 Å². The van der Waals surface area contributed by atoms with Crippen LogP contribution in [0.2, 0.25) is 0 Å². The minimum absolute atomic E-state index is 0.00269. The van der Waals surface area contributed by atoms with Crippen LogP contribution in [0.5, 0.6) is 5.75 Å². The van der Waals surface area contributed by atoms with Gasteiger partial charge in [0, 0.05) is 22.6 Å². The molecule has 0 bridgehead atoms. The first-order valence-electron chi connectivity index (χ1n) is 8.16. The molecule has 0 unspecified atom stereocenters. The van der Waals surface area contributed by atoms with E-state index in [4.69, 9.17) is 0 Å². The van der Waals surface area contributed by atoms with E-state index in [1.165, 1.54) is 47.0 Å². The van der Waals surface area contributed by atoms with Crippen LogP contribution in [0.1, 0.15) is 21.7 Å². The van der Waals surface area contributed by atoms with E-state index in [0.717, 1.165) is 25.8 Å². The van der Waals surface area contributed by atoms with Crippen LogP contribution < -0.4 is 4.74 Å².